The smallest absolute Gasteiger partial charge is 0.203 e. The molecule has 0 unspecified atom stereocenters. The number of aliphatic hydroxyl groups is 2. The van der Waals surface area contributed by atoms with E-state index in [0.29, 0.717) is 12.3 Å². The normalized spacial score (nSPS) is 35.5. The van der Waals surface area contributed by atoms with Crippen LogP contribution < -0.4 is 0 Å². The van der Waals surface area contributed by atoms with E-state index >= 15 is 0 Å². The molecule has 96 valence electrons. The third-order valence-corrected chi connectivity index (χ3v) is 4.20. The molecule has 16 heavy (non-hydrogen) atoms. The molecule has 0 spiro atoms. The van der Waals surface area contributed by atoms with E-state index in [1.807, 2.05) is 13.8 Å². The molecule has 2 N–H and O–H groups in total. The minimum Gasteiger partial charge on any atom is -0.390 e. The number of hydrogen-bond acceptors (Lipinski definition) is 4. The van der Waals surface area contributed by atoms with Gasteiger partial charge < -0.3 is 10.2 Å². The van der Waals surface area contributed by atoms with Gasteiger partial charge in [-0.3, -0.25) is 0 Å². The van der Waals surface area contributed by atoms with Gasteiger partial charge in [0.05, 0.1) is 12.2 Å². The average molecular weight is 251 g/mol. The van der Waals surface area contributed by atoms with Gasteiger partial charge in [-0.15, -0.1) is 0 Å². The summed E-state index contributed by atoms with van der Waals surface area (Å²) in [6.45, 7) is 4.28. The van der Waals surface area contributed by atoms with Gasteiger partial charge in [0, 0.05) is 19.5 Å². The number of aliphatic hydroxyl groups excluding tert-OH is 2. The van der Waals surface area contributed by atoms with Crippen LogP contribution in [0.25, 0.3) is 0 Å². The van der Waals surface area contributed by atoms with E-state index < -0.39 is 23.1 Å². The molecule has 4 atom stereocenters. The molecule has 1 saturated carbocycles. The monoisotopic (exact) mass is 251 g/mol. The molecule has 0 bridgehead atoms. The van der Waals surface area contributed by atoms with Crippen LogP contribution in [0.4, 0.5) is 0 Å². The summed E-state index contributed by atoms with van der Waals surface area (Å²) in [6.07, 6.45) is -0.874. The highest BCUT2D eigenvalue weighted by atomic mass is 32.2. The van der Waals surface area contributed by atoms with Gasteiger partial charge in [-0.05, 0) is 18.3 Å². The van der Waals surface area contributed by atoms with Gasteiger partial charge in [-0.25, -0.2) is 12.7 Å². The van der Waals surface area contributed by atoms with Crippen LogP contribution >= 0.6 is 0 Å². The number of rotatable bonds is 4. The third-order valence-electron chi connectivity index (χ3n) is 3.48. The Kier molecular flexibility index (Phi) is 4.73. The van der Waals surface area contributed by atoms with Crippen LogP contribution in [0.2, 0.25) is 0 Å². The van der Waals surface area contributed by atoms with Crippen molar-refractivity contribution in [3.8, 4) is 0 Å². The summed E-state index contributed by atoms with van der Waals surface area (Å²) in [4.78, 5) is 0. The maximum absolute atomic E-state index is 10.7. The van der Waals surface area contributed by atoms with Crippen molar-refractivity contribution in [2.45, 2.75) is 32.5 Å². The Hall–Kier alpha value is -0.170. The van der Waals surface area contributed by atoms with Gasteiger partial charge in [-0.2, -0.15) is 0 Å². The fourth-order valence-electron chi connectivity index (χ4n) is 2.42. The molecule has 0 amide bonds. The van der Waals surface area contributed by atoms with E-state index in [-0.39, 0.29) is 18.4 Å². The summed E-state index contributed by atoms with van der Waals surface area (Å²) in [7, 11) is -1.12. The minimum atomic E-state index is -2.60. The molecule has 1 aliphatic rings. The predicted octanol–water partition coefficient (Wildman–Crippen LogP) is -0.541. The zero-order chi connectivity index (χ0) is 12.5. The van der Waals surface area contributed by atoms with E-state index in [4.69, 9.17) is 0 Å². The lowest BCUT2D eigenvalue weighted by atomic mass is 9.92. The van der Waals surface area contributed by atoms with E-state index in [2.05, 4.69) is 0 Å². The van der Waals surface area contributed by atoms with E-state index in [0.717, 1.165) is 0 Å². The Balaban J connectivity index is 2.64. The fourth-order valence-corrected chi connectivity index (χ4v) is 2.76. The first kappa shape index (κ1) is 13.9. The summed E-state index contributed by atoms with van der Waals surface area (Å²) in [5, 5.41) is 19.7. The summed E-state index contributed by atoms with van der Waals surface area (Å²) in [5.74, 6) is 0.180. The number of thiol groups is 1. The highest BCUT2D eigenvalue weighted by Crippen LogP contribution is 2.36. The largest absolute Gasteiger partial charge is 0.390 e. The second-order valence-electron chi connectivity index (χ2n) is 4.96. The molecular formula is C10H21NO4S. The first-order valence-corrected chi connectivity index (χ1v) is 6.69. The second kappa shape index (κ2) is 5.44. The van der Waals surface area contributed by atoms with Crippen LogP contribution in [0.1, 0.15) is 20.3 Å². The summed E-state index contributed by atoms with van der Waals surface area (Å²) < 4.78 is 22.6. The van der Waals surface area contributed by atoms with Crippen molar-refractivity contribution < 1.29 is 18.6 Å². The van der Waals surface area contributed by atoms with Crippen molar-refractivity contribution in [2.75, 3.05) is 13.6 Å². The van der Waals surface area contributed by atoms with Gasteiger partial charge in [0.1, 0.15) is 0 Å². The SMILES string of the molecule is CC(C)[C@@H]1C[C@H](CN(C)[SH](=O)=O)[C@@H](O)[C@H]1O. The highest BCUT2D eigenvalue weighted by Gasteiger charge is 2.42. The van der Waals surface area contributed by atoms with Crippen LogP contribution in [0, 0.1) is 17.8 Å². The van der Waals surface area contributed by atoms with Crippen molar-refractivity contribution in [1.82, 2.24) is 4.31 Å². The number of hydrogen-bond donors (Lipinski definition) is 3. The second-order valence-corrected chi connectivity index (χ2v) is 6.12. The molecule has 0 radical (unpaired) electrons. The lowest BCUT2D eigenvalue weighted by Crippen LogP contribution is -2.34. The van der Waals surface area contributed by atoms with Crippen LogP contribution in [0.15, 0.2) is 0 Å². The summed E-state index contributed by atoms with van der Waals surface area (Å²) in [5.41, 5.74) is 0. The Labute approximate surface area is 98.2 Å². The molecular weight excluding hydrogens is 230 g/mol. The van der Waals surface area contributed by atoms with Gasteiger partial charge in [-0.1, -0.05) is 13.8 Å². The van der Waals surface area contributed by atoms with E-state index in [9.17, 15) is 18.6 Å². The predicted molar refractivity (Wildman–Crippen MR) is 61.4 cm³/mol. The lowest BCUT2D eigenvalue weighted by Gasteiger charge is -2.20. The molecule has 1 fully saturated rings. The van der Waals surface area contributed by atoms with Crippen molar-refractivity contribution >= 4 is 10.9 Å². The topological polar surface area (TPSA) is 77.8 Å². The highest BCUT2D eigenvalue weighted by molar-refractivity contribution is 7.69. The van der Waals surface area contributed by atoms with Crippen LogP contribution in [-0.4, -0.2) is 48.7 Å². The minimum absolute atomic E-state index is 0.0536. The first-order chi connectivity index (χ1) is 7.34. The first-order valence-electron chi connectivity index (χ1n) is 5.56. The Morgan fingerprint density at radius 1 is 1.31 bits per heavy atom. The van der Waals surface area contributed by atoms with Gasteiger partial charge >= 0.3 is 0 Å². The van der Waals surface area contributed by atoms with Gasteiger partial charge in [0.25, 0.3) is 0 Å². The Bertz CT molecular complexity index is 297. The van der Waals surface area contributed by atoms with Crippen molar-refractivity contribution in [1.29, 1.82) is 0 Å². The molecule has 5 nitrogen and oxygen atoms in total. The third kappa shape index (κ3) is 2.94. The summed E-state index contributed by atoms with van der Waals surface area (Å²) in [6, 6.07) is 0. The molecule has 0 aromatic heterocycles. The van der Waals surface area contributed by atoms with Crippen LogP contribution in [0.3, 0.4) is 0 Å². The molecule has 0 saturated heterocycles. The molecule has 0 heterocycles. The maximum Gasteiger partial charge on any atom is 0.203 e. The molecule has 1 rings (SSSR count). The van der Waals surface area contributed by atoms with E-state index in [1.54, 1.807) is 0 Å². The van der Waals surface area contributed by atoms with E-state index in [1.165, 1.54) is 11.4 Å². The molecule has 0 aromatic rings. The Morgan fingerprint density at radius 2 is 1.88 bits per heavy atom. The molecule has 1 aliphatic carbocycles. The van der Waals surface area contributed by atoms with Crippen molar-refractivity contribution in [3.63, 3.8) is 0 Å². The average Bonchev–Trinajstić information content (AvgIpc) is 2.46. The maximum atomic E-state index is 10.7. The van der Waals surface area contributed by atoms with Crippen LogP contribution in [-0.2, 0) is 10.9 Å². The lowest BCUT2D eigenvalue weighted by molar-refractivity contribution is -0.00526. The van der Waals surface area contributed by atoms with Gasteiger partial charge in [0.15, 0.2) is 0 Å². The van der Waals surface area contributed by atoms with Crippen molar-refractivity contribution in [3.05, 3.63) is 0 Å². The molecule has 6 heteroatoms. The number of nitrogens with zero attached hydrogens (tertiary/aromatic N) is 1. The Morgan fingerprint density at radius 3 is 2.25 bits per heavy atom. The molecule has 0 aromatic carbocycles. The zero-order valence-electron chi connectivity index (χ0n) is 9.91. The summed E-state index contributed by atoms with van der Waals surface area (Å²) >= 11 is 0. The van der Waals surface area contributed by atoms with Crippen molar-refractivity contribution in [2.24, 2.45) is 17.8 Å². The molecule has 0 aliphatic heterocycles. The van der Waals surface area contributed by atoms with Gasteiger partial charge in [0.2, 0.25) is 10.9 Å². The zero-order valence-corrected chi connectivity index (χ0v) is 10.8. The fraction of sp³-hybridized carbons (Fsp3) is 1.00. The standard InChI is InChI=1S/C10H21NO4S/c1-6(2)8-4-7(9(12)10(8)13)5-11(3)16(14)15/h6-10,12-13,16H,4-5H2,1-3H3/t7-,8+,9-,10+/m1/s1. The van der Waals surface area contributed by atoms with Crippen LogP contribution in [0.5, 0.6) is 0 Å². The quantitative estimate of drug-likeness (QED) is 0.586.